The Hall–Kier alpha value is -3.25. The topological polar surface area (TPSA) is 66.8 Å². The Morgan fingerprint density at radius 2 is 1.81 bits per heavy atom. The summed E-state index contributed by atoms with van der Waals surface area (Å²) in [4.78, 5) is 6.66. The lowest BCUT2D eigenvalue weighted by atomic mass is 10.2. The molecule has 0 spiro atoms. The lowest BCUT2D eigenvalue weighted by molar-refractivity contribution is 0.122. The molecular weight excluding hydrogens is 342 g/mol. The maximum absolute atomic E-state index is 9.53. The number of pyridine rings is 1. The molecule has 0 bridgehead atoms. The highest BCUT2D eigenvalue weighted by molar-refractivity contribution is 5.58. The zero-order chi connectivity index (χ0) is 18.5. The molecule has 1 aliphatic heterocycles. The molecule has 138 valence electrons. The minimum Gasteiger partial charge on any atom is -0.508 e. The number of phenols is 1. The molecule has 2 heterocycles. The van der Waals surface area contributed by atoms with Crippen molar-refractivity contribution in [3.8, 4) is 17.2 Å². The van der Waals surface area contributed by atoms with Crippen LogP contribution in [0, 0.1) is 0 Å². The number of hydrogen-bond acceptors (Lipinski definition) is 6. The van der Waals surface area contributed by atoms with Gasteiger partial charge < -0.3 is 24.8 Å². The maximum atomic E-state index is 9.53. The standard InChI is InChI=1S/C21H21N3O3/c25-18-5-1-3-16(13-18)23-21-8-7-20(15-22-21)27-19-6-2-4-17(14-19)24-9-11-26-12-10-24/h1-8,13-15,25H,9-12H2,(H,22,23). The Labute approximate surface area is 158 Å². The predicted octanol–water partition coefficient (Wildman–Crippen LogP) is 4.16. The van der Waals surface area contributed by atoms with E-state index >= 15 is 0 Å². The van der Waals surface area contributed by atoms with Crippen molar-refractivity contribution in [2.45, 2.75) is 0 Å². The number of nitrogens with zero attached hydrogens (tertiary/aromatic N) is 2. The third-order valence-electron chi connectivity index (χ3n) is 4.28. The number of ether oxygens (including phenoxy) is 2. The molecular formula is C21H21N3O3. The van der Waals surface area contributed by atoms with E-state index in [2.05, 4.69) is 21.3 Å². The Bertz CT molecular complexity index is 893. The van der Waals surface area contributed by atoms with E-state index in [-0.39, 0.29) is 5.75 Å². The van der Waals surface area contributed by atoms with Gasteiger partial charge in [-0.15, -0.1) is 0 Å². The van der Waals surface area contributed by atoms with Gasteiger partial charge >= 0.3 is 0 Å². The third-order valence-corrected chi connectivity index (χ3v) is 4.28. The van der Waals surface area contributed by atoms with Gasteiger partial charge in [0.2, 0.25) is 0 Å². The van der Waals surface area contributed by atoms with Crippen LogP contribution < -0.4 is 15.0 Å². The van der Waals surface area contributed by atoms with Crippen molar-refractivity contribution >= 4 is 17.2 Å². The first-order valence-corrected chi connectivity index (χ1v) is 8.89. The van der Waals surface area contributed by atoms with Crippen LogP contribution in [0.25, 0.3) is 0 Å². The number of benzene rings is 2. The largest absolute Gasteiger partial charge is 0.508 e. The van der Waals surface area contributed by atoms with Crippen LogP contribution in [0.2, 0.25) is 0 Å². The van der Waals surface area contributed by atoms with Gasteiger partial charge in [-0.25, -0.2) is 4.98 Å². The molecule has 2 N–H and O–H groups in total. The first-order valence-electron chi connectivity index (χ1n) is 8.89. The summed E-state index contributed by atoms with van der Waals surface area (Å²) in [5, 5.41) is 12.7. The molecule has 2 aromatic carbocycles. The van der Waals surface area contributed by atoms with Crippen LogP contribution in [-0.2, 0) is 4.74 Å². The molecule has 1 saturated heterocycles. The van der Waals surface area contributed by atoms with E-state index in [0.717, 1.165) is 43.4 Å². The van der Waals surface area contributed by atoms with Crippen LogP contribution in [0.4, 0.5) is 17.2 Å². The normalized spacial score (nSPS) is 14.0. The van der Waals surface area contributed by atoms with Crippen molar-refractivity contribution in [3.05, 3.63) is 66.9 Å². The summed E-state index contributed by atoms with van der Waals surface area (Å²) >= 11 is 0. The summed E-state index contributed by atoms with van der Waals surface area (Å²) in [5.74, 6) is 2.32. The molecule has 3 aromatic rings. The molecule has 0 aliphatic carbocycles. The molecule has 27 heavy (non-hydrogen) atoms. The highest BCUT2D eigenvalue weighted by Crippen LogP contribution is 2.27. The van der Waals surface area contributed by atoms with E-state index in [9.17, 15) is 5.11 Å². The molecule has 0 radical (unpaired) electrons. The van der Waals surface area contributed by atoms with Gasteiger partial charge in [0.05, 0.1) is 19.4 Å². The SMILES string of the molecule is Oc1cccc(Nc2ccc(Oc3cccc(N4CCOCC4)c3)cn2)c1. The highest BCUT2D eigenvalue weighted by atomic mass is 16.5. The predicted molar refractivity (Wildman–Crippen MR) is 105 cm³/mol. The van der Waals surface area contributed by atoms with Gasteiger partial charge in [-0.05, 0) is 36.4 Å². The summed E-state index contributed by atoms with van der Waals surface area (Å²) < 4.78 is 11.4. The van der Waals surface area contributed by atoms with Crippen LogP contribution in [0.15, 0.2) is 66.9 Å². The molecule has 1 aromatic heterocycles. The smallest absolute Gasteiger partial charge is 0.145 e. The van der Waals surface area contributed by atoms with Crippen LogP contribution in [0.3, 0.4) is 0 Å². The molecule has 6 heteroatoms. The van der Waals surface area contributed by atoms with Gasteiger partial charge in [-0.1, -0.05) is 12.1 Å². The lowest BCUT2D eigenvalue weighted by Gasteiger charge is -2.29. The third kappa shape index (κ3) is 4.48. The molecule has 0 atom stereocenters. The number of rotatable bonds is 5. The van der Waals surface area contributed by atoms with E-state index in [0.29, 0.717) is 11.6 Å². The molecule has 4 rings (SSSR count). The Kier molecular flexibility index (Phi) is 5.07. The Morgan fingerprint density at radius 3 is 2.59 bits per heavy atom. The van der Waals surface area contributed by atoms with Crippen molar-refractivity contribution < 1.29 is 14.6 Å². The summed E-state index contributed by atoms with van der Waals surface area (Å²) in [7, 11) is 0. The number of hydrogen-bond donors (Lipinski definition) is 2. The zero-order valence-corrected chi connectivity index (χ0v) is 14.8. The monoisotopic (exact) mass is 363 g/mol. The van der Waals surface area contributed by atoms with E-state index in [1.54, 1.807) is 24.4 Å². The average Bonchev–Trinajstić information content (AvgIpc) is 2.70. The number of morpholine rings is 1. The van der Waals surface area contributed by atoms with Crippen molar-refractivity contribution in [1.29, 1.82) is 0 Å². The van der Waals surface area contributed by atoms with Crippen molar-refractivity contribution in [1.82, 2.24) is 4.98 Å². The second kappa shape index (κ2) is 7.97. The second-order valence-electron chi connectivity index (χ2n) is 6.25. The maximum Gasteiger partial charge on any atom is 0.145 e. The van der Waals surface area contributed by atoms with E-state index < -0.39 is 0 Å². The van der Waals surface area contributed by atoms with Gasteiger partial charge in [0.15, 0.2) is 0 Å². The van der Waals surface area contributed by atoms with Crippen molar-refractivity contribution in [3.63, 3.8) is 0 Å². The second-order valence-corrected chi connectivity index (χ2v) is 6.25. The minimum atomic E-state index is 0.208. The van der Waals surface area contributed by atoms with Gasteiger partial charge in [-0.3, -0.25) is 0 Å². The Balaban J connectivity index is 1.42. The van der Waals surface area contributed by atoms with Crippen LogP contribution >= 0.6 is 0 Å². The molecule has 1 aliphatic rings. The van der Waals surface area contributed by atoms with Gasteiger partial charge in [-0.2, -0.15) is 0 Å². The molecule has 0 saturated carbocycles. The minimum absolute atomic E-state index is 0.208. The van der Waals surface area contributed by atoms with Crippen molar-refractivity contribution in [2.24, 2.45) is 0 Å². The summed E-state index contributed by atoms with van der Waals surface area (Å²) in [6.07, 6.45) is 1.67. The zero-order valence-electron chi connectivity index (χ0n) is 14.8. The summed E-state index contributed by atoms with van der Waals surface area (Å²) in [6.45, 7) is 3.28. The molecule has 0 amide bonds. The Morgan fingerprint density at radius 1 is 0.963 bits per heavy atom. The van der Waals surface area contributed by atoms with Crippen LogP contribution in [0.1, 0.15) is 0 Å². The lowest BCUT2D eigenvalue weighted by Crippen LogP contribution is -2.36. The number of nitrogens with one attached hydrogen (secondary N) is 1. The van der Waals surface area contributed by atoms with Gasteiger partial charge in [0, 0.05) is 36.6 Å². The molecule has 6 nitrogen and oxygen atoms in total. The quantitative estimate of drug-likeness (QED) is 0.710. The number of aromatic nitrogens is 1. The fourth-order valence-corrected chi connectivity index (χ4v) is 2.95. The van der Waals surface area contributed by atoms with Gasteiger partial charge in [0.25, 0.3) is 0 Å². The summed E-state index contributed by atoms with van der Waals surface area (Å²) in [6, 6.07) is 18.6. The fraction of sp³-hybridized carbons (Fsp3) is 0.190. The fourth-order valence-electron chi connectivity index (χ4n) is 2.95. The van der Waals surface area contributed by atoms with E-state index in [4.69, 9.17) is 9.47 Å². The number of aromatic hydroxyl groups is 1. The molecule has 1 fully saturated rings. The van der Waals surface area contributed by atoms with Gasteiger partial charge in [0.1, 0.15) is 23.1 Å². The average molecular weight is 363 g/mol. The highest BCUT2D eigenvalue weighted by Gasteiger charge is 2.11. The summed E-state index contributed by atoms with van der Waals surface area (Å²) in [5.41, 5.74) is 1.90. The van der Waals surface area contributed by atoms with Crippen LogP contribution in [0.5, 0.6) is 17.2 Å². The number of anilines is 3. The van der Waals surface area contributed by atoms with E-state index in [1.165, 1.54) is 0 Å². The molecule has 0 unspecified atom stereocenters. The van der Waals surface area contributed by atoms with Crippen LogP contribution in [-0.4, -0.2) is 36.4 Å². The van der Waals surface area contributed by atoms with Crippen molar-refractivity contribution in [2.75, 3.05) is 36.5 Å². The van der Waals surface area contributed by atoms with E-state index in [1.807, 2.05) is 36.4 Å². The first-order chi connectivity index (χ1) is 13.3. The first kappa shape index (κ1) is 17.2. The number of phenolic OH excluding ortho intramolecular Hbond substituents is 1.